The Balaban J connectivity index is 2.05. The van der Waals surface area contributed by atoms with Crippen LogP contribution in [-0.4, -0.2) is 9.78 Å². The van der Waals surface area contributed by atoms with Crippen molar-refractivity contribution in [3.8, 4) is 0 Å². The minimum Gasteiger partial charge on any atom is -0.272 e. The van der Waals surface area contributed by atoms with Gasteiger partial charge in [0, 0.05) is 7.05 Å². The quantitative estimate of drug-likeness (QED) is 0.741. The summed E-state index contributed by atoms with van der Waals surface area (Å²) >= 11 is 2.21. The smallest absolute Gasteiger partial charge is 0.272 e. The maximum absolute atomic E-state index is 12.4. The molecule has 19 heavy (non-hydrogen) atoms. The topological polar surface area (TPSA) is 17.8 Å². The fourth-order valence-electron chi connectivity index (χ4n) is 1.84. The van der Waals surface area contributed by atoms with Crippen molar-refractivity contribution in [1.29, 1.82) is 0 Å². The van der Waals surface area contributed by atoms with Gasteiger partial charge in [-0.15, -0.1) is 0 Å². The zero-order valence-corrected chi connectivity index (χ0v) is 12.4. The molecule has 0 saturated heterocycles. The van der Waals surface area contributed by atoms with Crippen LogP contribution in [-0.2, 0) is 26.1 Å². The normalized spacial score (nSPS) is 11.8. The lowest BCUT2D eigenvalue weighted by Gasteiger charge is -2.08. The van der Waals surface area contributed by atoms with Gasteiger partial charge in [0.2, 0.25) is 0 Å². The van der Waals surface area contributed by atoms with Gasteiger partial charge in [-0.25, -0.2) is 0 Å². The molecule has 2 rings (SSSR count). The fraction of sp³-hybridized carbons (Fsp3) is 0.308. The van der Waals surface area contributed by atoms with Crippen LogP contribution in [0.15, 0.2) is 30.5 Å². The summed E-state index contributed by atoms with van der Waals surface area (Å²) in [5.41, 5.74) is 1.39. The number of aromatic nitrogens is 2. The molecule has 102 valence electrons. The number of alkyl halides is 3. The van der Waals surface area contributed by atoms with E-state index in [1.807, 2.05) is 7.05 Å². The monoisotopic (exact) mass is 380 g/mol. The second-order valence-electron chi connectivity index (χ2n) is 4.26. The van der Waals surface area contributed by atoms with Crippen LogP contribution in [0.25, 0.3) is 0 Å². The predicted octanol–water partition coefficient (Wildman–Crippen LogP) is 3.83. The van der Waals surface area contributed by atoms with Crippen LogP contribution in [0.2, 0.25) is 0 Å². The first-order valence-corrected chi connectivity index (χ1v) is 6.78. The molecule has 0 amide bonds. The van der Waals surface area contributed by atoms with E-state index in [2.05, 4.69) is 27.7 Å². The summed E-state index contributed by atoms with van der Waals surface area (Å²) in [7, 11) is 1.87. The van der Waals surface area contributed by atoms with Crippen LogP contribution in [0.1, 0.15) is 16.8 Å². The molecule has 1 heterocycles. The SMILES string of the molecule is Cn1ncc(I)c1CCc1ccc(C(F)(F)F)cc1. The van der Waals surface area contributed by atoms with Crippen molar-refractivity contribution in [2.75, 3.05) is 0 Å². The Kier molecular flexibility index (Phi) is 4.17. The van der Waals surface area contributed by atoms with Crippen LogP contribution in [0.5, 0.6) is 0 Å². The summed E-state index contributed by atoms with van der Waals surface area (Å²) in [6, 6.07) is 5.32. The molecule has 0 radical (unpaired) electrons. The third kappa shape index (κ3) is 3.49. The molecule has 0 aliphatic carbocycles. The molecule has 2 aromatic rings. The molecule has 0 spiro atoms. The molecular formula is C13H12F3IN2. The van der Waals surface area contributed by atoms with Gasteiger partial charge in [-0.1, -0.05) is 12.1 Å². The Morgan fingerprint density at radius 3 is 2.26 bits per heavy atom. The first kappa shape index (κ1) is 14.4. The summed E-state index contributed by atoms with van der Waals surface area (Å²) in [5.74, 6) is 0. The van der Waals surface area contributed by atoms with E-state index < -0.39 is 11.7 Å². The molecule has 2 nitrogen and oxygen atoms in total. The van der Waals surface area contributed by atoms with Gasteiger partial charge in [0.25, 0.3) is 0 Å². The van der Waals surface area contributed by atoms with Gasteiger partial charge in [0.1, 0.15) is 0 Å². The van der Waals surface area contributed by atoms with Crippen LogP contribution in [0, 0.1) is 3.57 Å². The van der Waals surface area contributed by atoms with Gasteiger partial charge in [0.05, 0.1) is 21.0 Å². The molecule has 0 fully saturated rings. The molecule has 0 aliphatic heterocycles. The molecule has 6 heteroatoms. The van der Waals surface area contributed by atoms with E-state index in [9.17, 15) is 13.2 Å². The maximum atomic E-state index is 12.4. The Bertz CT molecular complexity index is 539. The predicted molar refractivity (Wildman–Crippen MR) is 74.8 cm³/mol. The Morgan fingerprint density at radius 2 is 1.79 bits per heavy atom. The summed E-state index contributed by atoms with van der Waals surface area (Å²) in [4.78, 5) is 0. The minimum atomic E-state index is -4.27. The highest BCUT2D eigenvalue weighted by Gasteiger charge is 2.29. The lowest BCUT2D eigenvalue weighted by molar-refractivity contribution is -0.137. The lowest BCUT2D eigenvalue weighted by Crippen LogP contribution is -2.05. The molecule has 0 N–H and O–H groups in total. The van der Waals surface area contributed by atoms with Gasteiger partial charge >= 0.3 is 6.18 Å². The number of rotatable bonds is 3. The number of aryl methyl sites for hydroxylation is 2. The van der Waals surface area contributed by atoms with E-state index in [1.165, 1.54) is 12.1 Å². The second kappa shape index (κ2) is 5.52. The van der Waals surface area contributed by atoms with Crippen molar-refractivity contribution in [3.05, 3.63) is 50.9 Å². The summed E-state index contributed by atoms with van der Waals surface area (Å²) in [6.45, 7) is 0. The molecule has 1 aromatic carbocycles. The first-order chi connectivity index (χ1) is 8.88. The van der Waals surface area contributed by atoms with Gasteiger partial charge < -0.3 is 0 Å². The molecule has 0 saturated carbocycles. The third-order valence-corrected chi connectivity index (χ3v) is 3.84. The Labute approximate surface area is 122 Å². The van der Waals surface area contributed by atoms with E-state index >= 15 is 0 Å². The van der Waals surface area contributed by atoms with Crippen LogP contribution >= 0.6 is 22.6 Å². The zero-order valence-electron chi connectivity index (χ0n) is 10.2. The molecule has 0 atom stereocenters. The van der Waals surface area contributed by atoms with E-state index in [-0.39, 0.29) is 0 Å². The molecular weight excluding hydrogens is 368 g/mol. The molecule has 0 unspecified atom stereocenters. The first-order valence-electron chi connectivity index (χ1n) is 5.70. The average Bonchev–Trinajstić information content (AvgIpc) is 2.66. The number of hydrogen-bond acceptors (Lipinski definition) is 1. The lowest BCUT2D eigenvalue weighted by atomic mass is 10.1. The van der Waals surface area contributed by atoms with Crippen molar-refractivity contribution >= 4 is 22.6 Å². The van der Waals surface area contributed by atoms with Gasteiger partial charge in [-0.05, 0) is 53.1 Å². The molecule has 0 bridgehead atoms. The summed E-state index contributed by atoms with van der Waals surface area (Å²) < 4.78 is 40.1. The van der Waals surface area contributed by atoms with Crippen molar-refractivity contribution in [2.45, 2.75) is 19.0 Å². The van der Waals surface area contributed by atoms with Crippen molar-refractivity contribution in [3.63, 3.8) is 0 Å². The van der Waals surface area contributed by atoms with Crippen molar-refractivity contribution in [2.24, 2.45) is 7.05 Å². The summed E-state index contributed by atoms with van der Waals surface area (Å²) in [6.07, 6.45) is -1.02. The average molecular weight is 380 g/mol. The third-order valence-electron chi connectivity index (χ3n) is 2.94. The van der Waals surface area contributed by atoms with Crippen LogP contribution in [0.4, 0.5) is 13.2 Å². The molecule has 0 aliphatic rings. The number of nitrogens with zero attached hydrogens (tertiary/aromatic N) is 2. The zero-order chi connectivity index (χ0) is 14.0. The Morgan fingerprint density at radius 1 is 1.16 bits per heavy atom. The highest BCUT2D eigenvalue weighted by atomic mass is 127. The number of halogens is 4. The van der Waals surface area contributed by atoms with Crippen LogP contribution < -0.4 is 0 Å². The van der Waals surface area contributed by atoms with Crippen molar-refractivity contribution < 1.29 is 13.2 Å². The fourth-order valence-corrected chi connectivity index (χ4v) is 2.58. The van der Waals surface area contributed by atoms with E-state index in [0.29, 0.717) is 6.42 Å². The van der Waals surface area contributed by atoms with Gasteiger partial charge in [-0.3, -0.25) is 4.68 Å². The Hall–Kier alpha value is -1.05. The van der Waals surface area contributed by atoms with E-state index in [4.69, 9.17) is 0 Å². The number of hydrogen-bond donors (Lipinski definition) is 0. The number of benzene rings is 1. The largest absolute Gasteiger partial charge is 0.416 e. The van der Waals surface area contributed by atoms with Gasteiger partial charge in [0.15, 0.2) is 0 Å². The highest BCUT2D eigenvalue weighted by Crippen LogP contribution is 2.29. The van der Waals surface area contributed by atoms with Crippen molar-refractivity contribution in [1.82, 2.24) is 9.78 Å². The summed E-state index contributed by atoms with van der Waals surface area (Å²) in [5, 5.41) is 4.14. The minimum absolute atomic E-state index is 0.605. The highest BCUT2D eigenvalue weighted by molar-refractivity contribution is 14.1. The van der Waals surface area contributed by atoms with Crippen LogP contribution in [0.3, 0.4) is 0 Å². The molecule has 1 aromatic heterocycles. The van der Waals surface area contributed by atoms with Gasteiger partial charge in [-0.2, -0.15) is 18.3 Å². The maximum Gasteiger partial charge on any atom is 0.416 e. The van der Waals surface area contributed by atoms with E-state index in [1.54, 1.807) is 10.9 Å². The second-order valence-corrected chi connectivity index (χ2v) is 5.42. The standard InChI is InChI=1S/C13H12F3IN2/c1-19-12(11(17)8-18-19)7-4-9-2-5-10(6-3-9)13(14,15)16/h2-3,5-6,8H,4,7H2,1H3. The van der Waals surface area contributed by atoms with E-state index in [0.717, 1.165) is 33.4 Å².